The van der Waals surface area contributed by atoms with Crippen LogP contribution in [0.2, 0.25) is 0 Å². The summed E-state index contributed by atoms with van der Waals surface area (Å²) in [6, 6.07) is 0. The second-order valence-corrected chi connectivity index (χ2v) is 5.01. The number of nitrogens with one attached hydrogen (secondary N) is 1. The van der Waals surface area contributed by atoms with Gasteiger partial charge in [0.25, 0.3) is 0 Å². The molecule has 0 aromatic rings. The van der Waals surface area contributed by atoms with E-state index in [9.17, 15) is 9.59 Å². The lowest BCUT2D eigenvalue weighted by Gasteiger charge is -2.13. The minimum Gasteiger partial charge on any atom is -0.461 e. The maximum Gasteiger partial charge on any atom is 0.407 e. The Morgan fingerprint density at radius 1 is 0.957 bits per heavy atom. The molecule has 0 heterocycles. The Morgan fingerprint density at radius 3 is 2.35 bits per heavy atom. The van der Waals surface area contributed by atoms with Crippen LogP contribution in [0.15, 0.2) is 0 Å². The molecule has 0 fully saturated rings. The fraction of sp³-hybridized carbons (Fsp3) is 0.875. The molecule has 0 aliphatic carbocycles. The minimum absolute atomic E-state index is 0.122. The zero-order chi connectivity index (χ0) is 17.3. The summed E-state index contributed by atoms with van der Waals surface area (Å²) >= 11 is 0. The van der Waals surface area contributed by atoms with Gasteiger partial charge in [-0.15, -0.1) is 0 Å². The van der Waals surface area contributed by atoms with E-state index in [2.05, 4.69) is 12.2 Å². The summed E-state index contributed by atoms with van der Waals surface area (Å²) in [7, 11) is 0. The van der Waals surface area contributed by atoms with Gasteiger partial charge in [0.2, 0.25) is 0 Å². The third-order valence-electron chi connectivity index (χ3n) is 2.96. The molecule has 0 saturated heterocycles. The molecule has 0 saturated carbocycles. The SMILES string of the molecule is CCCCCCNC(=O)OC(C)C(=O)OCCOCCOCC. The van der Waals surface area contributed by atoms with Crippen molar-refractivity contribution in [1.82, 2.24) is 5.32 Å². The van der Waals surface area contributed by atoms with E-state index >= 15 is 0 Å². The van der Waals surface area contributed by atoms with E-state index in [-0.39, 0.29) is 13.2 Å². The topological polar surface area (TPSA) is 83.1 Å². The van der Waals surface area contributed by atoms with Gasteiger partial charge in [-0.25, -0.2) is 9.59 Å². The highest BCUT2D eigenvalue weighted by Gasteiger charge is 2.18. The highest BCUT2D eigenvalue weighted by molar-refractivity contribution is 5.78. The molecule has 1 unspecified atom stereocenters. The van der Waals surface area contributed by atoms with Gasteiger partial charge in [-0.1, -0.05) is 26.2 Å². The fourth-order valence-electron chi connectivity index (χ4n) is 1.68. The molecule has 23 heavy (non-hydrogen) atoms. The van der Waals surface area contributed by atoms with Crippen molar-refractivity contribution >= 4 is 12.1 Å². The van der Waals surface area contributed by atoms with Crippen LogP contribution in [0.5, 0.6) is 0 Å². The van der Waals surface area contributed by atoms with E-state index < -0.39 is 18.2 Å². The molecule has 0 aliphatic rings. The van der Waals surface area contributed by atoms with Crippen LogP contribution in [0.4, 0.5) is 4.79 Å². The summed E-state index contributed by atoms with van der Waals surface area (Å²) in [5.41, 5.74) is 0. The van der Waals surface area contributed by atoms with Gasteiger partial charge < -0.3 is 24.3 Å². The number of alkyl carbamates (subject to hydrolysis) is 1. The lowest BCUT2D eigenvalue weighted by molar-refractivity contribution is -0.154. The Hall–Kier alpha value is -1.34. The summed E-state index contributed by atoms with van der Waals surface area (Å²) in [4.78, 5) is 23.1. The molecule has 0 aromatic heterocycles. The molecule has 7 heteroatoms. The van der Waals surface area contributed by atoms with Crippen molar-refractivity contribution in [3.63, 3.8) is 0 Å². The van der Waals surface area contributed by atoms with Crippen LogP contribution in [-0.2, 0) is 23.7 Å². The highest BCUT2D eigenvalue weighted by atomic mass is 16.6. The number of carbonyl (C=O) groups excluding carboxylic acids is 2. The van der Waals surface area contributed by atoms with E-state index in [1.165, 1.54) is 6.92 Å². The third kappa shape index (κ3) is 14.0. The molecular formula is C16H31NO6. The van der Waals surface area contributed by atoms with Crippen LogP contribution in [0.25, 0.3) is 0 Å². The number of hydrogen-bond donors (Lipinski definition) is 1. The molecule has 136 valence electrons. The van der Waals surface area contributed by atoms with Crippen LogP contribution in [0.3, 0.4) is 0 Å². The van der Waals surface area contributed by atoms with Gasteiger partial charge in [0, 0.05) is 13.2 Å². The normalized spacial score (nSPS) is 11.8. The molecule has 1 amide bonds. The maximum absolute atomic E-state index is 11.6. The fourth-order valence-corrected chi connectivity index (χ4v) is 1.68. The van der Waals surface area contributed by atoms with E-state index in [0.29, 0.717) is 26.4 Å². The summed E-state index contributed by atoms with van der Waals surface area (Å²) in [6.45, 7) is 8.09. The molecule has 1 atom stereocenters. The monoisotopic (exact) mass is 333 g/mol. The number of rotatable bonds is 14. The number of hydrogen-bond acceptors (Lipinski definition) is 6. The zero-order valence-electron chi connectivity index (χ0n) is 14.6. The van der Waals surface area contributed by atoms with Gasteiger partial charge in [0.15, 0.2) is 6.10 Å². The van der Waals surface area contributed by atoms with Gasteiger partial charge in [0.05, 0.1) is 19.8 Å². The van der Waals surface area contributed by atoms with Gasteiger partial charge in [-0.05, 0) is 20.3 Å². The van der Waals surface area contributed by atoms with Crippen molar-refractivity contribution in [2.75, 3.05) is 39.6 Å². The Balaban J connectivity index is 3.58. The third-order valence-corrected chi connectivity index (χ3v) is 2.96. The largest absolute Gasteiger partial charge is 0.461 e. The maximum atomic E-state index is 11.6. The highest BCUT2D eigenvalue weighted by Crippen LogP contribution is 1.99. The van der Waals surface area contributed by atoms with Crippen molar-refractivity contribution < 1.29 is 28.5 Å². The average Bonchev–Trinajstić information content (AvgIpc) is 2.53. The minimum atomic E-state index is -0.936. The number of ether oxygens (including phenoxy) is 4. The molecule has 1 N–H and O–H groups in total. The summed E-state index contributed by atoms with van der Waals surface area (Å²) in [5, 5.41) is 2.62. The number of amides is 1. The van der Waals surface area contributed by atoms with Crippen molar-refractivity contribution in [3.8, 4) is 0 Å². The van der Waals surface area contributed by atoms with E-state index in [0.717, 1.165) is 25.7 Å². The van der Waals surface area contributed by atoms with E-state index in [1.54, 1.807) is 0 Å². The first-order valence-corrected chi connectivity index (χ1v) is 8.38. The van der Waals surface area contributed by atoms with Crippen molar-refractivity contribution in [2.45, 2.75) is 52.6 Å². The standard InChI is InChI=1S/C16H31NO6/c1-4-6-7-8-9-17-16(19)23-14(3)15(18)22-13-12-21-11-10-20-5-2/h14H,4-13H2,1-3H3,(H,17,19). The molecule has 0 aliphatic heterocycles. The number of carbonyl (C=O) groups is 2. The van der Waals surface area contributed by atoms with E-state index in [1.807, 2.05) is 6.92 Å². The molecule has 0 spiro atoms. The van der Waals surface area contributed by atoms with Crippen LogP contribution >= 0.6 is 0 Å². The van der Waals surface area contributed by atoms with Crippen molar-refractivity contribution in [1.29, 1.82) is 0 Å². The number of unbranched alkanes of at least 4 members (excludes halogenated alkanes) is 3. The molecule has 0 rings (SSSR count). The zero-order valence-corrected chi connectivity index (χ0v) is 14.6. The van der Waals surface area contributed by atoms with Crippen LogP contribution < -0.4 is 5.32 Å². The first-order valence-electron chi connectivity index (χ1n) is 8.38. The van der Waals surface area contributed by atoms with Crippen molar-refractivity contribution in [2.24, 2.45) is 0 Å². The average molecular weight is 333 g/mol. The smallest absolute Gasteiger partial charge is 0.407 e. The number of esters is 1. The van der Waals surface area contributed by atoms with Crippen molar-refractivity contribution in [3.05, 3.63) is 0 Å². The first kappa shape index (κ1) is 21.7. The van der Waals surface area contributed by atoms with Gasteiger partial charge in [-0.2, -0.15) is 0 Å². The lowest BCUT2D eigenvalue weighted by atomic mass is 10.2. The first-order chi connectivity index (χ1) is 11.1. The van der Waals surface area contributed by atoms with Gasteiger partial charge >= 0.3 is 12.1 Å². The molecular weight excluding hydrogens is 302 g/mol. The summed E-state index contributed by atoms with van der Waals surface area (Å²) in [6.07, 6.45) is 2.72. The Labute approximate surface area is 139 Å². The Kier molecular flexibility index (Phi) is 14.6. The van der Waals surface area contributed by atoms with E-state index in [4.69, 9.17) is 18.9 Å². The van der Waals surface area contributed by atoms with Crippen LogP contribution in [0, 0.1) is 0 Å². The lowest BCUT2D eigenvalue weighted by Crippen LogP contribution is -2.33. The molecule has 0 radical (unpaired) electrons. The molecule has 0 bridgehead atoms. The Morgan fingerprint density at radius 2 is 1.65 bits per heavy atom. The predicted octanol–water partition coefficient (Wildman–Crippen LogP) is 2.28. The molecule has 7 nitrogen and oxygen atoms in total. The molecule has 0 aromatic carbocycles. The summed E-state index contributed by atoms with van der Waals surface area (Å²) < 4.78 is 20.2. The Bertz CT molecular complexity index is 311. The predicted molar refractivity (Wildman–Crippen MR) is 86.4 cm³/mol. The second-order valence-electron chi connectivity index (χ2n) is 5.01. The van der Waals surface area contributed by atoms with Gasteiger partial charge in [0.1, 0.15) is 6.61 Å². The summed E-state index contributed by atoms with van der Waals surface area (Å²) in [5.74, 6) is -0.584. The van der Waals surface area contributed by atoms with Crippen LogP contribution in [0.1, 0.15) is 46.5 Å². The second kappa shape index (κ2) is 15.6. The van der Waals surface area contributed by atoms with Crippen LogP contribution in [-0.4, -0.2) is 57.7 Å². The quantitative estimate of drug-likeness (QED) is 0.388. The van der Waals surface area contributed by atoms with Gasteiger partial charge in [-0.3, -0.25) is 0 Å².